The van der Waals surface area contributed by atoms with Gasteiger partial charge in [0.15, 0.2) is 0 Å². The van der Waals surface area contributed by atoms with Crippen LogP contribution in [0, 0.1) is 11.8 Å². The summed E-state index contributed by atoms with van der Waals surface area (Å²) >= 11 is 0. The molecule has 1 aliphatic rings. The van der Waals surface area contributed by atoms with Gasteiger partial charge in [-0.3, -0.25) is 4.90 Å². The molecule has 3 N–H and O–H groups in total. The number of aliphatic hydroxyl groups excluding tert-OH is 1. The quantitative estimate of drug-likeness (QED) is 0.722. The first kappa shape index (κ1) is 14.9. The predicted molar refractivity (Wildman–Crippen MR) is 69.9 cm³/mol. The lowest BCUT2D eigenvalue weighted by Gasteiger charge is -2.36. The van der Waals surface area contributed by atoms with E-state index in [1.807, 2.05) is 0 Å². The minimum absolute atomic E-state index is 0.0227. The highest BCUT2D eigenvalue weighted by molar-refractivity contribution is 4.83. The Labute approximate surface area is 105 Å². The van der Waals surface area contributed by atoms with Gasteiger partial charge >= 0.3 is 0 Å². The second-order valence-corrected chi connectivity index (χ2v) is 5.59. The van der Waals surface area contributed by atoms with Crippen molar-refractivity contribution in [1.82, 2.24) is 4.90 Å². The average Bonchev–Trinajstić information content (AvgIpc) is 2.30. The smallest absolute Gasteiger partial charge is 0.0601 e. The van der Waals surface area contributed by atoms with Gasteiger partial charge in [0.1, 0.15) is 0 Å². The minimum Gasteiger partial charge on any atom is -0.395 e. The number of ether oxygens (including phenoxy) is 1. The molecule has 17 heavy (non-hydrogen) atoms. The highest BCUT2D eigenvalue weighted by Gasteiger charge is 2.26. The van der Waals surface area contributed by atoms with Crippen LogP contribution in [0.3, 0.4) is 0 Å². The Balaban J connectivity index is 2.44. The van der Waals surface area contributed by atoms with E-state index in [-0.39, 0.29) is 18.7 Å². The average molecular weight is 244 g/mol. The van der Waals surface area contributed by atoms with Crippen LogP contribution < -0.4 is 5.73 Å². The van der Waals surface area contributed by atoms with Crippen LogP contribution >= 0.6 is 0 Å². The number of likely N-dealkylation sites (N-methyl/N-ethyl adjacent to an activating group) is 1. The normalized spacial score (nSPS) is 25.2. The fourth-order valence-corrected chi connectivity index (χ4v) is 2.49. The second kappa shape index (κ2) is 7.31. The highest BCUT2D eigenvalue weighted by atomic mass is 16.5. The molecule has 3 unspecified atom stereocenters. The van der Waals surface area contributed by atoms with E-state index in [9.17, 15) is 5.11 Å². The molecule has 1 fully saturated rings. The summed E-state index contributed by atoms with van der Waals surface area (Å²) in [5.41, 5.74) is 6.14. The zero-order valence-electron chi connectivity index (χ0n) is 11.4. The van der Waals surface area contributed by atoms with Crippen LogP contribution in [0.4, 0.5) is 0 Å². The summed E-state index contributed by atoms with van der Waals surface area (Å²) in [5, 5.41) is 9.49. The predicted octanol–water partition coefficient (Wildman–Crippen LogP) is 0.689. The van der Waals surface area contributed by atoms with E-state index in [4.69, 9.17) is 10.5 Å². The van der Waals surface area contributed by atoms with Gasteiger partial charge in [-0.1, -0.05) is 13.8 Å². The third-order valence-corrected chi connectivity index (χ3v) is 3.77. The maximum atomic E-state index is 9.49. The first-order valence-corrected chi connectivity index (χ1v) is 6.70. The van der Waals surface area contributed by atoms with Crippen molar-refractivity contribution in [3.63, 3.8) is 0 Å². The maximum absolute atomic E-state index is 9.49. The molecule has 4 heteroatoms. The molecule has 0 aliphatic carbocycles. The Morgan fingerprint density at radius 2 is 2.18 bits per heavy atom. The fraction of sp³-hybridized carbons (Fsp3) is 1.00. The van der Waals surface area contributed by atoms with Crippen LogP contribution in [-0.4, -0.2) is 55.5 Å². The first-order valence-electron chi connectivity index (χ1n) is 6.70. The fourth-order valence-electron chi connectivity index (χ4n) is 2.49. The number of hydrogen-bond acceptors (Lipinski definition) is 4. The Morgan fingerprint density at radius 3 is 2.65 bits per heavy atom. The van der Waals surface area contributed by atoms with E-state index in [0.717, 1.165) is 26.2 Å². The van der Waals surface area contributed by atoms with Gasteiger partial charge in [0.05, 0.1) is 13.2 Å². The van der Waals surface area contributed by atoms with Crippen molar-refractivity contribution in [3.05, 3.63) is 0 Å². The van der Waals surface area contributed by atoms with E-state index in [1.54, 1.807) is 0 Å². The molecule has 1 aliphatic heterocycles. The van der Waals surface area contributed by atoms with Gasteiger partial charge in [-0.2, -0.15) is 0 Å². The standard InChI is InChI=1S/C13H28N2O2/c1-10(2)13(14)12(8-16)15(3)7-11-5-4-6-17-9-11/h10-13,16H,4-9,14H2,1-3H3. The van der Waals surface area contributed by atoms with Crippen LogP contribution in [0.25, 0.3) is 0 Å². The van der Waals surface area contributed by atoms with Crippen molar-refractivity contribution in [3.8, 4) is 0 Å². The summed E-state index contributed by atoms with van der Waals surface area (Å²) in [4.78, 5) is 2.20. The molecule has 0 aromatic rings. The van der Waals surface area contributed by atoms with Crippen LogP contribution in [0.1, 0.15) is 26.7 Å². The summed E-state index contributed by atoms with van der Waals surface area (Å²) in [7, 11) is 2.05. The van der Waals surface area contributed by atoms with Crippen molar-refractivity contribution >= 4 is 0 Å². The lowest BCUT2D eigenvalue weighted by molar-refractivity contribution is 0.0250. The lowest BCUT2D eigenvalue weighted by Crippen LogP contribution is -2.52. The van der Waals surface area contributed by atoms with Crippen molar-refractivity contribution in [2.45, 2.75) is 38.8 Å². The van der Waals surface area contributed by atoms with Gasteiger partial charge in [0.25, 0.3) is 0 Å². The summed E-state index contributed by atoms with van der Waals surface area (Å²) in [6, 6.07) is 0.0754. The van der Waals surface area contributed by atoms with E-state index in [1.165, 1.54) is 6.42 Å². The lowest BCUT2D eigenvalue weighted by atomic mass is 9.95. The zero-order chi connectivity index (χ0) is 12.8. The summed E-state index contributed by atoms with van der Waals surface area (Å²) < 4.78 is 5.48. The molecule has 4 nitrogen and oxygen atoms in total. The highest BCUT2D eigenvalue weighted by Crippen LogP contribution is 2.17. The third-order valence-electron chi connectivity index (χ3n) is 3.77. The summed E-state index contributed by atoms with van der Waals surface area (Å²) in [6.07, 6.45) is 2.37. The number of rotatable bonds is 6. The molecule has 1 heterocycles. The van der Waals surface area contributed by atoms with Crippen molar-refractivity contribution in [2.24, 2.45) is 17.6 Å². The molecular formula is C13H28N2O2. The molecule has 0 spiro atoms. The molecule has 102 valence electrons. The second-order valence-electron chi connectivity index (χ2n) is 5.59. The van der Waals surface area contributed by atoms with Crippen molar-refractivity contribution in [1.29, 1.82) is 0 Å². The van der Waals surface area contributed by atoms with E-state index < -0.39 is 0 Å². The van der Waals surface area contributed by atoms with E-state index in [2.05, 4.69) is 25.8 Å². The molecular weight excluding hydrogens is 216 g/mol. The Hall–Kier alpha value is -0.160. The van der Waals surface area contributed by atoms with Crippen LogP contribution in [0.5, 0.6) is 0 Å². The largest absolute Gasteiger partial charge is 0.395 e. The molecule has 0 saturated carbocycles. The SMILES string of the molecule is CC(C)C(N)C(CO)N(C)CC1CCCOC1. The van der Waals surface area contributed by atoms with Crippen LogP contribution in [0.2, 0.25) is 0 Å². The molecule has 0 amide bonds. The molecule has 1 saturated heterocycles. The Morgan fingerprint density at radius 1 is 1.47 bits per heavy atom. The van der Waals surface area contributed by atoms with E-state index in [0.29, 0.717) is 11.8 Å². The van der Waals surface area contributed by atoms with Gasteiger partial charge < -0.3 is 15.6 Å². The Bertz CT molecular complexity index is 206. The molecule has 0 aromatic heterocycles. The van der Waals surface area contributed by atoms with Crippen molar-refractivity contribution in [2.75, 3.05) is 33.4 Å². The molecule has 3 atom stereocenters. The number of nitrogens with zero attached hydrogens (tertiary/aromatic N) is 1. The summed E-state index contributed by atoms with van der Waals surface area (Å²) in [5.74, 6) is 0.972. The number of nitrogens with two attached hydrogens (primary N) is 1. The van der Waals surface area contributed by atoms with Gasteiger partial charge in [-0.15, -0.1) is 0 Å². The third kappa shape index (κ3) is 4.54. The van der Waals surface area contributed by atoms with Gasteiger partial charge in [-0.25, -0.2) is 0 Å². The van der Waals surface area contributed by atoms with Gasteiger partial charge in [0.2, 0.25) is 0 Å². The Kier molecular flexibility index (Phi) is 6.41. The van der Waals surface area contributed by atoms with Gasteiger partial charge in [0, 0.05) is 25.2 Å². The number of hydrogen-bond donors (Lipinski definition) is 2. The van der Waals surface area contributed by atoms with E-state index >= 15 is 0 Å². The molecule has 0 bridgehead atoms. The molecule has 1 rings (SSSR count). The zero-order valence-corrected chi connectivity index (χ0v) is 11.4. The van der Waals surface area contributed by atoms with Crippen LogP contribution in [0.15, 0.2) is 0 Å². The first-order chi connectivity index (χ1) is 8.06. The summed E-state index contributed by atoms with van der Waals surface area (Å²) in [6.45, 7) is 7.04. The topological polar surface area (TPSA) is 58.7 Å². The van der Waals surface area contributed by atoms with Crippen molar-refractivity contribution < 1.29 is 9.84 Å². The minimum atomic E-state index is 0.0227. The van der Waals surface area contributed by atoms with Gasteiger partial charge in [-0.05, 0) is 31.7 Å². The molecule has 0 radical (unpaired) electrons. The van der Waals surface area contributed by atoms with Crippen LogP contribution in [-0.2, 0) is 4.74 Å². The monoisotopic (exact) mass is 244 g/mol. The maximum Gasteiger partial charge on any atom is 0.0601 e. The molecule has 0 aromatic carbocycles. The number of aliphatic hydroxyl groups is 1.